The zero-order valence-corrected chi connectivity index (χ0v) is 11.1. The van der Waals surface area contributed by atoms with Gasteiger partial charge in [-0.2, -0.15) is 0 Å². The molecule has 0 aliphatic heterocycles. The van der Waals surface area contributed by atoms with Gasteiger partial charge in [-0.1, -0.05) is 23.9 Å². The van der Waals surface area contributed by atoms with Gasteiger partial charge in [-0.15, -0.1) is 0 Å². The first-order valence-electron chi connectivity index (χ1n) is 5.48. The number of nitrogens with one attached hydrogen (secondary N) is 1. The molecule has 5 heteroatoms. The Morgan fingerprint density at radius 1 is 1.22 bits per heavy atom. The lowest BCUT2D eigenvalue weighted by molar-refractivity contribution is 1.02. The van der Waals surface area contributed by atoms with Gasteiger partial charge in [-0.3, -0.25) is 5.41 Å². The topological polar surface area (TPSA) is 75.7 Å². The van der Waals surface area contributed by atoms with E-state index in [0.717, 1.165) is 4.90 Å². The first-order valence-corrected chi connectivity index (χ1v) is 6.30. The van der Waals surface area contributed by atoms with E-state index in [2.05, 4.69) is 28.2 Å². The first-order chi connectivity index (χ1) is 8.58. The van der Waals surface area contributed by atoms with Crippen LogP contribution in [-0.2, 0) is 0 Å². The van der Waals surface area contributed by atoms with Crippen LogP contribution in [0.2, 0.25) is 0 Å². The largest absolute Gasteiger partial charge is 0.382 e. The maximum Gasteiger partial charge on any atom is 0.144 e. The van der Waals surface area contributed by atoms with E-state index in [1.165, 1.54) is 22.9 Å². The Bertz CT molecular complexity index is 595. The third kappa shape index (κ3) is 2.68. The van der Waals surface area contributed by atoms with E-state index < -0.39 is 0 Å². The predicted molar refractivity (Wildman–Crippen MR) is 73.1 cm³/mol. The highest BCUT2D eigenvalue weighted by atomic mass is 32.2. The monoisotopic (exact) mass is 258 g/mol. The van der Waals surface area contributed by atoms with Crippen molar-refractivity contribution in [3.63, 3.8) is 0 Å². The van der Waals surface area contributed by atoms with Gasteiger partial charge in [0.05, 0.1) is 0 Å². The Hall–Kier alpha value is -1.88. The molecular formula is C13H14N4S. The Kier molecular flexibility index (Phi) is 3.62. The standard InChI is InChI=1S/C13H14N4S/c1-8-3-4-9(2)10(7-8)18-13-11(12(14)15)16-5-6-17-13/h3-7H,1-2H3,(H3,14,15). The minimum Gasteiger partial charge on any atom is -0.382 e. The zero-order valence-electron chi connectivity index (χ0n) is 10.3. The summed E-state index contributed by atoms with van der Waals surface area (Å²) >= 11 is 1.49. The van der Waals surface area contributed by atoms with Crippen LogP contribution < -0.4 is 5.73 Å². The fraction of sp³-hybridized carbons (Fsp3) is 0.154. The molecule has 0 aliphatic rings. The van der Waals surface area contributed by atoms with Gasteiger partial charge in [0.1, 0.15) is 16.6 Å². The van der Waals surface area contributed by atoms with E-state index in [9.17, 15) is 0 Å². The molecule has 0 amide bonds. The molecule has 1 aromatic heterocycles. The van der Waals surface area contributed by atoms with Gasteiger partial charge in [0.25, 0.3) is 0 Å². The van der Waals surface area contributed by atoms with Crippen molar-refractivity contribution in [1.82, 2.24) is 9.97 Å². The maximum absolute atomic E-state index is 7.50. The fourth-order valence-corrected chi connectivity index (χ4v) is 2.56. The second-order valence-corrected chi connectivity index (χ2v) is 5.03. The molecule has 0 aliphatic carbocycles. The van der Waals surface area contributed by atoms with E-state index in [1.807, 2.05) is 13.8 Å². The van der Waals surface area contributed by atoms with Crippen molar-refractivity contribution in [2.75, 3.05) is 0 Å². The maximum atomic E-state index is 7.50. The summed E-state index contributed by atoms with van der Waals surface area (Å²) in [5.41, 5.74) is 8.30. The average molecular weight is 258 g/mol. The molecule has 0 saturated heterocycles. The lowest BCUT2D eigenvalue weighted by Crippen LogP contribution is -2.15. The molecule has 18 heavy (non-hydrogen) atoms. The minimum atomic E-state index is -0.0593. The lowest BCUT2D eigenvalue weighted by atomic mass is 10.2. The van der Waals surface area contributed by atoms with Crippen LogP contribution >= 0.6 is 11.8 Å². The number of rotatable bonds is 3. The van der Waals surface area contributed by atoms with Crippen LogP contribution in [0.1, 0.15) is 16.8 Å². The lowest BCUT2D eigenvalue weighted by Gasteiger charge is -2.08. The van der Waals surface area contributed by atoms with Gasteiger partial charge in [0, 0.05) is 17.3 Å². The Balaban J connectivity index is 2.40. The van der Waals surface area contributed by atoms with Gasteiger partial charge in [0.2, 0.25) is 0 Å². The number of nitrogens with zero attached hydrogens (tertiary/aromatic N) is 2. The molecule has 2 rings (SSSR count). The summed E-state index contributed by atoms with van der Waals surface area (Å²) in [4.78, 5) is 9.45. The number of aryl methyl sites for hydroxylation is 2. The summed E-state index contributed by atoms with van der Waals surface area (Å²) in [5.74, 6) is -0.0593. The third-order valence-corrected chi connectivity index (χ3v) is 3.62. The number of hydrogen-bond donors (Lipinski definition) is 2. The molecule has 1 aromatic carbocycles. The van der Waals surface area contributed by atoms with Crippen molar-refractivity contribution in [3.8, 4) is 0 Å². The Morgan fingerprint density at radius 3 is 2.67 bits per heavy atom. The highest BCUT2D eigenvalue weighted by Crippen LogP contribution is 2.30. The van der Waals surface area contributed by atoms with Gasteiger partial charge in [-0.05, 0) is 31.0 Å². The smallest absolute Gasteiger partial charge is 0.144 e. The number of nitrogens with two attached hydrogens (primary N) is 1. The molecule has 0 bridgehead atoms. The van der Waals surface area contributed by atoms with Crippen molar-refractivity contribution in [2.24, 2.45) is 5.73 Å². The number of amidine groups is 1. The number of nitrogen functional groups attached to an aromatic ring is 1. The zero-order chi connectivity index (χ0) is 13.1. The van der Waals surface area contributed by atoms with E-state index in [0.29, 0.717) is 10.7 Å². The molecule has 4 nitrogen and oxygen atoms in total. The molecule has 0 atom stereocenters. The minimum absolute atomic E-state index is 0.0593. The predicted octanol–water partition coefficient (Wildman–Crippen LogP) is 2.53. The van der Waals surface area contributed by atoms with Gasteiger partial charge >= 0.3 is 0 Å². The normalized spacial score (nSPS) is 10.3. The van der Waals surface area contributed by atoms with E-state index in [4.69, 9.17) is 11.1 Å². The summed E-state index contributed by atoms with van der Waals surface area (Å²) in [6.07, 6.45) is 3.16. The highest BCUT2D eigenvalue weighted by molar-refractivity contribution is 7.99. The van der Waals surface area contributed by atoms with Crippen molar-refractivity contribution in [2.45, 2.75) is 23.8 Å². The van der Waals surface area contributed by atoms with Crippen LogP contribution in [0.5, 0.6) is 0 Å². The first kappa shape index (κ1) is 12.6. The van der Waals surface area contributed by atoms with E-state index in [-0.39, 0.29) is 5.84 Å². The van der Waals surface area contributed by atoms with Crippen molar-refractivity contribution >= 4 is 17.6 Å². The van der Waals surface area contributed by atoms with E-state index in [1.54, 1.807) is 12.4 Å². The molecule has 0 unspecified atom stereocenters. The van der Waals surface area contributed by atoms with E-state index >= 15 is 0 Å². The second-order valence-electron chi connectivity index (χ2n) is 3.99. The Morgan fingerprint density at radius 2 is 1.94 bits per heavy atom. The van der Waals surface area contributed by atoms with Crippen LogP contribution in [-0.4, -0.2) is 15.8 Å². The van der Waals surface area contributed by atoms with Crippen molar-refractivity contribution in [3.05, 3.63) is 47.4 Å². The molecular weight excluding hydrogens is 244 g/mol. The molecule has 2 aromatic rings. The van der Waals surface area contributed by atoms with Crippen LogP contribution in [0.3, 0.4) is 0 Å². The number of hydrogen-bond acceptors (Lipinski definition) is 4. The second kappa shape index (κ2) is 5.18. The van der Waals surface area contributed by atoms with Crippen LogP contribution in [0.15, 0.2) is 40.5 Å². The van der Waals surface area contributed by atoms with Gasteiger partial charge in [-0.25, -0.2) is 9.97 Å². The van der Waals surface area contributed by atoms with Crippen molar-refractivity contribution in [1.29, 1.82) is 5.41 Å². The third-order valence-electron chi connectivity index (χ3n) is 2.47. The van der Waals surface area contributed by atoms with Crippen LogP contribution in [0, 0.1) is 19.3 Å². The fourth-order valence-electron chi connectivity index (χ4n) is 1.51. The number of aromatic nitrogens is 2. The van der Waals surface area contributed by atoms with Gasteiger partial charge in [0.15, 0.2) is 0 Å². The van der Waals surface area contributed by atoms with Gasteiger partial charge < -0.3 is 5.73 Å². The molecule has 0 spiro atoms. The molecule has 0 saturated carbocycles. The SMILES string of the molecule is Cc1ccc(C)c(Sc2nccnc2C(=N)N)c1. The van der Waals surface area contributed by atoms with Crippen LogP contribution in [0.4, 0.5) is 0 Å². The quantitative estimate of drug-likeness (QED) is 0.655. The molecule has 1 heterocycles. The number of benzene rings is 1. The Labute approximate surface area is 110 Å². The summed E-state index contributed by atoms with van der Waals surface area (Å²) in [6.45, 7) is 4.09. The molecule has 0 radical (unpaired) electrons. The molecule has 3 N–H and O–H groups in total. The summed E-state index contributed by atoms with van der Waals surface area (Å²) in [5, 5.41) is 8.17. The summed E-state index contributed by atoms with van der Waals surface area (Å²) < 4.78 is 0. The molecule has 92 valence electrons. The van der Waals surface area contributed by atoms with Crippen molar-refractivity contribution < 1.29 is 0 Å². The summed E-state index contributed by atoms with van der Waals surface area (Å²) in [6, 6.07) is 6.24. The summed E-state index contributed by atoms with van der Waals surface area (Å²) in [7, 11) is 0. The molecule has 0 fully saturated rings. The highest BCUT2D eigenvalue weighted by Gasteiger charge is 2.11. The average Bonchev–Trinajstić information content (AvgIpc) is 2.34. The van der Waals surface area contributed by atoms with Crippen LogP contribution in [0.25, 0.3) is 0 Å².